The molecule has 0 fully saturated rings. The Hall–Kier alpha value is -3.93. The van der Waals surface area contributed by atoms with Crippen molar-refractivity contribution >= 4 is 22.8 Å². The number of fused-ring (bicyclic) bond motifs is 1. The number of aromatic nitrogens is 1. The molecule has 3 aromatic carbocycles. The normalized spacial score (nSPS) is 11.2. The Bertz CT molecular complexity index is 1230. The number of nitrogens with zero attached hydrogens (tertiary/aromatic N) is 3. The number of para-hydroxylation sites is 1. The van der Waals surface area contributed by atoms with Gasteiger partial charge in [-0.2, -0.15) is 0 Å². The molecule has 1 heterocycles. The summed E-state index contributed by atoms with van der Waals surface area (Å²) in [4.78, 5) is 15.8. The second kappa shape index (κ2) is 8.61. The molecule has 0 N–H and O–H groups in total. The zero-order valence-corrected chi connectivity index (χ0v) is 16.6. The van der Waals surface area contributed by atoms with Crippen molar-refractivity contribution in [2.75, 3.05) is 0 Å². The molecular weight excluding hydrogens is 378 g/mol. The summed E-state index contributed by atoms with van der Waals surface area (Å²) >= 11 is 0. The van der Waals surface area contributed by atoms with Gasteiger partial charge in [-0.15, -0.1) is 0 Å². The van der Waals surface area contributed by atoms with Crippen LogP contribution in [0.25, 0.3) is 10.9 Å². The van der Waals surface area contributed by atoms with Crippen LogP contribution in [0.4, 0.5) is 5.69 Å². The van der Waals surface area contributed by atoms with Crippen molar-refractivity contribution < 1.29 is 9.76 Å². The van der Waals surface area contributed by atoms with Crippen LogP contribution in [0.15, 0.2) is 84.1 Å². The van der Waals surface area contributed by atoms with Crippen molar-refractivity contribution in [3.05, 3.63) is 111 Å². The van der Waals surface area contributed by atoms with E-state index in [1.54, 1.807) is 18.3 Å². The molecule has 0 radical (unpaired) electrons. The minimum atomic E-state index is -0.421. The monoisotopic (exact) mass is 399 g/mol. The highest BCUT2D eigenvalue weighted by Gasteiger charge is 2.08. The van der Waals surface area contributed by atoms with Crippen LogP contribution in [-0.2, 0) is 18.0 Å². The van der Waals surface area contributed by atoms with Gasteiger partial charge >= 0.3 is 0 Å². The first-order chi connectivity index (χ1) is 14.6. The van der Waals surface area contributed by atoms with Crippen LogP contribution < -0.4 is 0 Å². The van der Waals surface area contributed by atoms with E-state index in [1.807, 2.05) is 12.1 Å². The van der Waals surface area contributed by atoms with Crippen molar-refractivity contribution in [3.63, 3.8) is 0 Å². The maximum atomic E-state index is 10.9. The highest BCUT2D eigenvalue weighted by molar-refractivity contribution is 5.99. The molecule has 0 unspecified atom stereocenters. The maximum absolute atomic E-state index is 10.9. The van der Waals surface area contributed by atoms with E-state index in [2.05, 4.69) is 59.2 Å². The standard InChI is InChI=1S/C24H21N3O3/c1-18-6-4-7-19(12-18)15-26-16-21(23-10-2-3-11-24(23)26)14-25-30-17-20-8-5-9-22(13-20)27(28)29/h2-14,16H,15,17H2,1H3/b25-14-. The molecule has 0 aliphatic rings. The van der Waals surface area contributed by atoms with E-state index in [0.29, 0.717) is 5.56 Å². The molecule has 0 aliphatic heterocycles. The molecule has 6 heteroatoms. The first-order valence-electron chi connectivity index (χ1n) is 9.62. The number of aryl methyl sites for hydroxylation is 1. The number of hydrogen-bond acceptors (Lipinski definition) is 4. The molecule has 0 saturated heterocycles. The van der Waals surface area contributed by atoms with Crippen LogP contribution in [0.2, 0.25) is 0 Å². The molecular formula is C24H21N3O3. The lowest BCUT2D eigenvalue weighted by Gasteiger charge is -2.06. The van der Waals surface area contributed by atoms with Gasteiger partial charge < -0.3 is 9.40 Å². The molecule has 150 valence electrons. The molecule has 0 spiro atoms. The largest absolute Gasteiger partial charge is 0.391 e. The predicted molar refractivity (Wildman–Crippen MR) is 118 cm³/mol. The van der Waals surface area contributed by atoms with Crippen LogP contribution in [0.5, 0.6) is 0 Å². The SMILES string of the molecule is Cc1cccc(Cn2cc(/C=N\OCc3cccc([N+](=O)[O-])c3)c3ccccc32)c1. The van der Waals surface area contributed by atoms with Gasteiger partial charge in [0.1, 0.15) is 6.61 Å². The van der Waals surface area contributed by atoms with Gasteiger partial charge in [-0.25, -0.2) is 0 Å². The molecule has 30 heavy (non-hydrogen) atoms. The smallest absolute Gasteiger partial charge is 0.269 e. The lowest BCUT2D eigenvalue weighted by Crippen LogP contribution is -1.98. The van der Waals surface area contributed by atoms with Crippen molar-refractivity contribution in [1.82, 2.24) is 4.57 Å². The molecule has 4 aromatic rings. The van der Waals surface area contributed by atoms with E-state index in [9.17, 15) is 10.1 Å². The fourth-order valence-electron chi connectivity index (χ4n) is 3.48. The summed E-state index contributed by atoms with van der Waals surface area (Å²) in [6.45, 7) is 3.03. The highest BCUT2D eigenvalue weighted by Crippen LogP contribution is 2.22. The van der Waals surface area contributed by atoms with E-state index >= 15 is 0 Å². The fourth-order valence-corrected chi connectivity index (χ4v) is 3.48. The van der Waals surface area contributed by atoms with Gasteiger partial charge in [-0.1, -0.05) is 65.3 Å². The minimum Gasteiger partial charge on any atom is -0.391 e. The van der Waals surface area contributed by atoms with E-state index in [0.717, 1.165) is 23.0 Å². The first-order valence-corrected chi connectivity index (χ1v) is 9.62. The molecule has 0 amide bonds. The number of nitro benzene ring substituents is 1. The summed E-state index contributed by atoms with van der Waals surface area (Å²) in [6, 6.07) is 23.0. The third-order valence-corrected chi connectivity index (χ3v) is 4.87. The number of hydrogen-bond donors (Lipinski definition) is 0. The zero-order valence-electron chi connectivity index (χ0n) is 16.6. The second-order valence-corrected chi connectivity index (χ2v) is 7.15. The lowest BCUT2D eigenvalue weighted by atomic mass is 10.1. The molecule has 6 nitrogen and oxygen atoms in total. The molecule has 0 aliphatic carbocycles. The molecule has 0 atom stereocenters. The average molecular weight is 399 g/mol. The number of nitro groups is 1. The van der Waals surface area contributed by atoms with Crippen molar-refractivity contribution in [2.24, 2.45) is 5.16 Å². The van der Waals surface area contributed by atoms with E-state index in [-0.39, 0.29) is 12.3 Å². The van der Waals surface area contributed by atoms with E-state index < -0.39 is 4.92 Å². The van der Waals surface area contributed by atoms with Crippen molar-refractivity contribution in [2.45, 2.75) is 20.1 Å². The quantitative estimate of drug-likeness (QED) is 0.235. The summed E-state index contributed by atoms with van der Waals surface area (Å²) in [5.41, 5.74) is 5.29. The van der Waals surface area contributed by atoms with Crippen molar-refractivity contribution in [1.29, 1.82) is 0 Å². The second-order valence-electron chi connectivity index (χ2n) is 7.15. The summed E-state index contributed by atoms with van der Waals surface area (Å²) in [5, 5.41) is 16.1. The number of rotatable bonds is 7. The third kappa shape index (κ3) is 4.38. The fraction of sp³-hybridized carbons (Fsp3) is 0.125. The maximum Gasteiger partial charge on any atom is 0.269 e. The van der Waals surface area contributed by atoms with Crippen LogP contribution in [0, 0.1) is 17.0 Å². The summed E-state index contributed by atoms with van der Waals surface area (Å²) in [6.07, 6.45) is 3.75. The van der Waals surface area contributed by atoms with Gasteiger partial charge in [0.25, 0.3) is 5.69 Å². The van der Waals surface area contributed by atoms with Crippen LogP contribution in [0.3, 0.4) is 0 Å². The predicted octanol–water partition coefficient (Wildman–Crippen LogP) is 5.46. The van der Waals surface area contributed by atoms with Gasteiger partial charge in [-0.05, 0) is 24.1 Å². The Morgan fingerprint density at radius 3 is 2.67 bits per heavy atom. The number of benzene rings is 3. The Morgan fingerprint density at radius 1 is 1.03 bits per heavy atom. The van der Waals surface area contributed by atoms with Gasteiger partial charge in [-0.3, -0.25) is 10.1 Å². The van der Waals surface area contributed by atoms with E-state index in [1.165, 1.54) is 23.3 Å². The zero-order chi connectivity index (χ0) is 20.9. The lowest BCUT2D eigenvalue weighted by molar-refractivity contribution is -0.384. The van der Waals surface area contributed by atoms with Crippen LogP contribution in [0.1, 0.15) is 22.3 Å². The van der Waals surface area contributed by atoms with Gasteiger partial charge in [0.15, 0.2) is 0 Å². The van der Waals surface area contributed by atoms with Gasteiger partial charge in [0.2, 0.25) is 0 Å². The Morgan fingerprint density at radius 2 is 1.83 bits per heavy atom. The van der Waals surface area contributed by atoms with Crippen LogP contribution in [-0.4, -0.2) is 15.7 Å². The molecule has 1 aromatic heterocycles. The Labute approximate surface area is 174 Å². The number of non-ortho nitro benzene ring substituents is 1. The van der Waals surface area contributed by atoms with E-state index in [4.69, 9.17) is 4.84 Å². The number of oxime groups is 1. The first kappa shape index (κ1) is 19.4. The summed E-state index contributed by atoms with van der Waals surface area (Å²) in [5.74, 6) is 0. The topological polar surface area (TPSA) is 69.7 Å². The van der Waals surface area contributed by atoms with Gasteiger partial charge in [0.05, 0.1) is 11.1 Å². The molecule has 4 rings (SSSR count). The minimum absolute atomic E-state index is 0.0410. The third-order valence-electron chi connectivity index (χ3n) is 4.87. The van der Waals surface area contributed by atoms with Crippen molar-refractivity contribution in [3.8, 4) is 0 Å². The Kier molecular flexibility index (Phi) is 5.57. The molecule has 0 saturated carbocycles. The average Bonchev–Trinajstić information content (AvgIpc) is 3.09. The summed E-state index contributed by atoms with van der Waals surface area (Å²) < 4.78 is 2.20. The van der Waals surface area contributed by atoms with Gasteiger partial charge in [0, 0.05) is 41.3 Å². The molecule has 0 bridgehead atoms. The highest BCUT2D eigenvalue weighted by atomic mass is 16.6. The Balaban J connectivity index is 1.51. The van der Waals surface area contributed by atoms with Crippen LogP contribution >= 0.6 is 0 Å². The summed E-state index contributed by atoms with van der Waals surface area (Å²) in [7, 11) is 0.